The van der Waals surface area contributed by atoms with Crippen molar-refractivity contribution in [3.05, 3.63) is 22.7 Å². The Morgan fingerprint density at radius 2 is 2.05 bits per heavy atom. The predicted octanol–water partition coefficient (Wildman–Crippen LogP) is 5.84. The Balaban J connectivity index is 2.79. The molecule has 0 spiro atoms. The minimum atomic E-state index is 0.596. The fourth-order valence-corrected chi connectivity index (χ4v) is 2.78. The van der Waals surface area contributed by atoms with Crippen molar-refractivity contribution in [1.29, 1.82) is 0 Å². The number of benzene rings is 1. The summed E-state index contributed by atoms with van der Waals surface area (Å²) in [7, 11) is 1.64. The SMILES string of the molecule is CCCCC(CC)COc1c(CBr)cc(Cl)cc1OC. The van der Waals surface area contributed by atoms with E-state index >= 15 is 0 Å². The Kier molecular flexibility index (Phi) is 8.39. The van der Waals surface area contributed by atoms with Gasteiger partial charge in [0.05, 0.1) is 13.7 Å². The molecule has 4 heteroatoms. The Labute approximate surface area is 135 Å². The largest absolute Gasteiger partial charge is 0.493 e. The summed E-state index contributed by atoms with van der Waals surface area (Å²) in [4.78, 5) is 0. The van der Waals surface area contributed by atoms with E-state index in [9.17, 15) is 0 Å². The van der Waals surface area contributed by atoms with Gasteiger partial charge in [0.2, 0.25) is 0 Å². The molecule has 114 valence electrons. The number of alkyl halides is 1. The van der Waals surface area contributed by atoms with E-state index in [1.165, 1.54) is 19.3 Å². The molecule has 1 atom stereocenters. The molecule has 2 nitrogen and oxygen atoms in total. The van der Waals surface area contributed by atoms with Crippen molar-refractivity contribution in [2.75, 3.05) is 13.7 Å². The quantitative estimate of drug-likeness (QED) is 0.513. The third-order valence-electron chi connectivity index (χ3n) is 3.47. The number of ether oxygens (including phenoxy) is 2. The Morgan fingerprint density at radius 1 is 1.30 bits per heavy atom. The van der Waals surface area contributed by atoms with Crippen molar-refractivity contribution < 1.29 is 9.47 Å². The maximum absolute atomic E-state index is 6.08. The second-order valence-corrected chi connectivity index (χ2v) is 5.95. The van der Waals surface area contributed by atoms with Crippen LogP contribution in [0.15, 0.2) is 12.1 Å². The van der Waals surface area contributed by atoms with Crippen LogP contribution in [-0.2, 0) is 5.33 Å². The summed E-state index contributed by atoms with van der Waals surface area (Å²) in [5, 5.41) is 1.37. The summed E-state index contributed by atoms with van der Waals surface area (Å²) < 4.78 is 11.4. The summed E-state index contributed by atoms with van der Waals surface area (Å²) in [5.41, 5.74) is 1.03. The van der Waals surface area contributed by atoms with Gasteiger partial charge < -0.3 is 9.47 Å². The molecule has 0 heterocycles. The van der Waals surface area contributed by atoms with Gasteiger partial charge in [0.1, 0.15) is 0 Å². The van der Waals surface area contributed by atoms with E-state index in [1.54, 1.807) is 13.2 Å². The predicted molar refractivity (Wildman–Crippen MR) is 89.4 cm³/mol. The van der Waals surface area contributed by atoms with Crippen LogP contribution in [0.2, 0.25) is 5.02 Å². The van der Waals surface area contributed by atoms with Gasteiger partial charge in [0.15, 0.2) is 11.5 Å². The molecule has 0 amide bonds. The first-order chi connectivity index (χ1) is 9.65. The highest BCUT2D eigenvalue weighted by Crippen LogP contribution is 2.36. The molecule has 0 bridgehead atoms. The number of unbranched alkanes of at least 4 members (excludes halogenated alkanes) is 1. The topological polar surface area (TPSA) is 18.5 Å². The van der Waals surface area contributed by atoms with Gasteiger partial charge in [-0.3, -0.25) is 0 Å². The van der Waals surface area contributed by atoms with Crippen molar-refractivity contribution in [3.8, 4) is 11.5 Å². The minimum absolute atomic E-state index is 0.596. The third kappa shape index (κ3) is 5.17. The average Bonchev–Trinajstić information content (AvgIpc) is 2.47. The molecule has 0 fully saturated rings. The number of rotatable bonds is 9. The van der Waals surface area contributed by atoms with Crippen LogP contribution in [0.4, 0.5) is 0 Å². The molecule has 0 N–H and O–H groups in total. The molecule has 1 aromatic rings. The molecule has 0 aromatic heterocycles. The van der Waals surface area contributed by atoms with Crippen molar-refractivity contribution in [3.63, 3.8) is 0 Å². The summed E-state index contributed by atoms with van der Waals surface area (Å²) in [5.74, 6) is 2.11. The molecule has 0 aliphatic heterocycles. The highest BCUT2D eigenvalue weighted by Gasteiger charge is 2.14. The van der Waals surface area contributed by atoms with Gasteiger partial charge in [-0.1, -0.05) is 60.6 Å². The average molecular weight is 364 g/mol. The number of halogens is 2. The first-order valence-electron chi connectivity index (χ1n) is 7.21. The highest BCUT2D eigenvalue weighted by molar-refractivity contribution is 9.08. The van der Waals surface area contributed by atoms with Gasteiger partial charge in [0.25, 0.3) is 0 Å². The number of hydrogen-bond donors (Lipinski definition) is 0. The molecular formula is C16H24BrClO2. The van der Waals surface area contributed by atoms with E-state index in [2.05, 4.69) is 29.8 Å². The van der Waals surface area contributed by atoms with E-state index in [-0.39, 0.29) is 0 Å². The maximum Gasteiger partial charge on any atom is 0.165 e. The van der Waals surface area contributed by atoms with E-state index < -0.39 is 0 Å². The first-order valence-corrected chi connectivity index (χ1v) is 8.71. The summed E-state index contributed by atoms with van der Waals surface area (Å²) in [6.45, 7) is 5.17. The molecule has 20 heavy (non-hydrogen) atoms. The lowest BCUT2D eigenvalue weighted by atomic mass is 10.0. The molecular weight excluding hydrogens is 340 g/mol. The molecule has 0 saturated heterocycles. The smallest absolute Gasteiger partial charge is 0.165 e. The Morgan fingerprint density at radius 3 is 2.60 bits per heavy atom. The molecule has 1 aromatic carbocycles. The molecule has 1 unspecified atom stereocenters. The van der Waals surface area contributed by atoms with E-state index in [1.807, 2.05) is 6.07 Å². The maximum atomic E-state index is 6.08. The molecule has 0 saturated carbocycles. The lowest BCUT2D eigenvalue weighted by Crippen LogP contribution is -2.12. The summed E-state index contributed by atoms with van der Waals surface area (Å²) in [6.07, 6.45) is 4.84. The van der Waals surface area contributed by atoms with Gasteiger partial charge in [-0.05, 0) is 18.4 Å². The van der Waals surface area contributed by atoms with E-state index in [0.29, 0.717) is 22.0 Å². The van der Waals surface area contributed by atoms with Crippen LogP contribution in [0.1, 0.15) is 45.1 Å². The summed E-state index contributed by atoms with van der Waals surface area (Å²) >= 11 is 9.56. The van der Waals surface area contributed by atoms with Gasteiger partial charge in [-0.25, -0.2) is 0 Å². The second-order valence-electron chi connectivity index (χ2n) is 4.96. The van der Waals surface area contributed by atoms with Crippen LogP contribution < -0.4 is 9.47 Å². The Hall–Kier alpha value is -0.410. The molecule has 0 aliphatic rings. The van der Waals surface area contributed by atoms with Crippen LogP contribution in [-0.4, -0.2) is 13.7 Å². The van der Waals surface area contributed by atoms with Crippen LogP contribution in [0.5, 0.6) is 11.5 Å². The lowest BCUT2D eigenvalue weighted by molar-refractivity contribution is 0.223. The zero-order valence-electron chi connectivity index (χ0n) is 12.5. The van der Waals surface area contributed by atoms with Gasteiger partial charge in [-0.15, -0.1) is 0 Å². The van der Waals surface area contributed by atoms with Crippen molar-refractivity contribution in [2.24, 2.45) is 5.92 Å². The highest BCUT2D eigenvalue weighted by atomic mass is 79.9. The van der Waals surface area contributed by atoms with Gasteiger partial charge in [-0.2, -0.15) is 0 Å². The standard InChI is InChI=1S/C16H24BrClO2/c1-4-6-7-12(5-2)11-20-16-13(10-17)8-14(18)9-15(16)19-3/h8-9,12H,4-7,10-11H2,1-3H3. The third-order valence-corrected chi connectivity index (χ3v) is 4.29. The van der Waals surface area contributed by atoms with Crippen LogP contribution in [0.25, 0.3) is 0 Å². The van der Waals surface area contributed by atoms with E-state index in [0.717, 1.165) is 24.3 Å². The minimum Gasteiger partial charge on any atom is -0.493 e. The van der Waals surface area contributed by atoms with E-state index in [4.69, 9.17) is 21.1 Å². The summed E-state index contributed by atoms with van der Waals surface area (Å²) in [6, 6.07) is 3.72. The molecule has 0 radical (unpaired) electrons. The monoisotopic (exact) mass is 362 g/mol. The van der Waals surface area contributed by atoms with Crippen molar-refractivity contribution >= 4 is 27.5 Å². The number of methoxy groups -OCH3 is 1. The zero-order valence-corrected chi connectivity index (χ0v) is 14.9. The van der Waals surface area contributed by atoms with Crippen LogP contribution >= 0.6 is 27.5 Å². The number of hydrogen-bond acceptors (Lipinski definition) is 2. The van der Waals surface area contributed by atoms with Gasteiger partial charge >= 0.3 is 0 Å². The lowest BCUT2D eigenvalue weighted by Gasteiger charge is -2.19. The first kappa shape index (κ1) is 17.6. The molecule has 0 aliphatic carbocycles. The Bertz CT molecular complexity index is 384. The van der Waals surface area contributed by atoms with Crippen molar-refractivity contribution in [2.45, 2.75) is 44.9 Å². The van der Waals surface area contributed by atoms with Crippen LogP contribution in [0.3, 0.4) is 0 Å². The fourth-order valence-electron chi connectivity index (χ4n) is 2.14. The van der Waals surface area contributed by atoms with Crippen LogP contribution in [0, 0.1) is 5.92 Å². The van der Waals surface area contributed by atoms with Gasteiger partial charge in [0, 0.05) is 22.0 Å². The fraction of sp³-hybridized carbons (Fsp3) is 0.625. The normalized spacial score (nSPS) is 12.2. The second kappa shape index (κ2) is 9.51. The zero-order chi connectivity index (χ0) is 15.0. The van der Waals surface area contributed by atoms with Crippen molar-refractivity contribution in [1.82, 2.24) is 0 Å². The molecule has 1 rings (SSSR count).